The quantitative estimate of drug-likeness (QED) is 0.593. The molecule has 0 aliphatic heterocycles. The van der Waals surface area contributed by atoms with Gasteiger partial charge < -0.3 is 20.9 Å². The molecule has 0 saturated heterocycles. The van der Waals surface area contributed by atoms with Crippen molar-refractivity contribution in [3.63, 3.8) is 0 Å². The smallest absolute Gasteiger partial charge is 0.416 e. The van der Waals surface area contributed by atoms with Crippen molar-refractivity contribution in [2.24, 2.45) is 11.7 Å². The van der Waals surface area contributed by atoms with Crippen LogP contribution in [0.2, 0.25) is 0 Å². The van der Waals surface area contributed by atoms with E-state index in [2.05, 4.69) is 16.5 Å². The van der Waals surface area contributed by atoms with Crippen LogP contribution in [0.1, 0.15) is 41.7 Å². The van der Waals surface area contributed by atoms with Gasteiger partial charge >= 0.3 is 12.1 Å². The summed E-state index contributed by atoms with van der Waals surface area (Å²) in [4.78, 5) is 23.1. The molecular formula is C20H20F3N5O4. The molecule has 1 aromatic heterocycles. The Morgan fingerprint density at radius 3 is 2.50 bits per heavy atom. The number of nitrogens with two attached hydrogens (primary N) is 1. The van der Waals surface area contributed by atoms with Crippen molar-refractivity contribution in [1.29, 1.82) is 5.26 Å². The van der Waals surface area contributed by atoms with E-state index in [9.17, 15) is 33.1 Å². The Hall–Kier alpha value is -3.59. The standard InChI is InChI=1S/C20H20F3N5O4/c1-10(29)32-17-6-11(8-24)15(7-16(17)30)28-9-14(18(25)31)19(27-28)26-13-4-2-12(3-5-13)20(21,22)23/h2-5,9,11,15-17,30H,6-7H2,1H3,(H2,25,31)(H,26,27). The highest BCUT2D eigenvalue weighted by molar-refractivity contribution is 5.98. The number of nitrogens with zero attached hydrogens (tertiary/aromatic N) is 3. The Bertz CT molecular complexity index is 1040. The minimum absolute atomic E-state index is 0.00875. The lowest BCUT2D eigenvalue weighted by atomic mass is 9.82. The highest BCUT2D eigenvalue weighted by Crippen LogP contribution is 2.36. The van der Waals surface area contributed by atoms with Crippen LogP contribution < -0.4 is 11.1 Å². The molecule has 1 saturated carbocycles. The Kier molecular flexibility index (Phi) is 6.40. The lowest BCUT2D eigenvalue weighted by Crippen LogP contribution is -2.42. The van der Waals surface area contributed by atoms with Gasteiger partial charge in [0.15, 0.2) is 5.82 Å². The second-order valence-electron chi connectivity index (χ2n) is 7.43. The average Bonchev–Trinajstić information content (AvgIpc) is 3.12. The Labute approximate surface area is 180 Å². The first kappa shape index (κ1) is 23.1. The van der Waals surface area contributed by atoms with E-state index in [-0.39, 0.29) is 29.9 Å². The third kappa shape index (κ3) is 5.00. The van der Waals surface area contributed by atoms with Crippen molar-refractivity contribution in [3.8, 4) is 6.07 Å². The van der Waals surface area contributed by atoms with E-state index in [0.717, 1.165) is 12.1 Å². The number of ether oxygens (including phenoxy) is 1. The summed E-state index contributed by atoms with van der Waals surface area (Å²) in [5.41, 5.74) is 4.77. The normalized spacial score (nSPS) is 23.2. The number of carbonyl (C=O) groups excluding carboxylic acids is 2. The molecule has 4 unspecified atom stereocenters. The molecule has 170 valence electrons. The Morgan fingerprint density at radius 1 is 1.31 bits per heavy atom. The largest absolute Gasteiger partial charge is 0.460 e. The maximum atomic E-state index is 12.8. The zero-order valence-corrected chi connectivity index (χ0v) is 16.8. The van der Waals surface area contributed by atoms with Crippen LogP contribution in [0.5, 0.6) is 0 Å². The van der Waals surface area contributed by atoms with Crippen LogP contribution >= 0.6 is 0 Å². The number of amides is 1. The minimum atomic E-state index is -4.49. The molecule has 3 rings (SSSR count). The number of aliphatic hydroxyl groups is 1. The van der Waals surface area contributed by atoms with Crippen LogP contribution in [-0.4, -0.2) is 39.0 Å². The highest BCUT2D eigenvalue weighted by atomic mass is 19.4. The van der Waals surface area contributed by atoms with Crippen LogP contribution in [0, 0.1) is 17.2 Å². The number of hydrogen-bond donors (Lipinski definition) is 3. The van der Waals surface area contributed by atoms with E-state index < -0.39 is 47.8 Å². The predicted molar refractivity (Wildman–Crippen MR) is 104 cm³/mol. The van der Waals surface area contributed by atoms with Crippen molar-refractivity contribution in [2.45, 2.75) is 44.2 Å². The van der Waals surface area contributed by atoms with Gasteiger partial charge in [0.1, 0.15) is 11.7 Å². The topological polar surface area (TPSA) is 143 Å². The lowest BCUT2D eigenvalue weighted by Gasteiger charge is -2.35. The van der Waals surface area contributed by atoms with Gasteiger partial charge in [-0.25, -0.2) is 0 Å². The molecule has 4 N–H and O–H groups in total. The van der Waals surface area contributed by atoms with Gasteiger partial charge in [0.05, 0.1) is 29.7 Å². The van der Waals surface area contributed by atoms with Gasteiger partial charge in [-0.3, -0.25) is 14.3 Å². The van der Waals surface area contributed by atoms with E-state index in [0.29, 0.717) is 0 Å². The molecule has 1 fully saturated rings. The number of esters is 1. The number of rotatable bonds is 5. The summed E-state index contributed by atoms with van der Waals surface area (Å²) < 4.78 is 44.6. The maximum absolute atomic E-state index is 12.8. The van der Waals surface area contributed by atoms with Crippen LogP contribution in [0.25, 0.3) is 0 Å². The van der Waals surface area contributed by atoms with Crippen LogP contribution in [0.3, 0.4) is 0 Å². The number of alkyl halides is 3. The number of hydrogen-bond acceptors (Lipinski definition) is 7. The molecule has 1 aromatic carbocycles. The number of carbonyl (C=O) groups is 2. The number of aromatic nitrogens is 2. The van der Waals surface area contributed by atoms with Crippen LogP contribution in [0.4, 0.5) is 24.7 Å². The molecule has 0 radical (unpaired) electrons. The van der Waals surface area contributed by atoms with Gasteiger partial charge in [-0.15, -0.1) is 0 Å². The monoisotopic (exact) mass is 451 g/mol. The summed E-state index contributed by atoms with van der Waals surface area (Å²) in [6.07, 6.45) is -4.99. The highest BCUT2D eigenvalue weighted by Gasteiger charge is 2.40. The van der Waals surface area contributed by atoms with Gasteiger partial charge in [-0.2, -0.15) is 23.5 Å². The molecular weight excluding hydrogens is 431 g/mol. The first-order valence-corrected chi connectivity index (χ1v) is 9.57. The second kappa shape index (κ2) is 8.88. The summed E-state index contributed by atoms with van der Waals surface area (Å²) >= 11 is 0. The van der Waals surface area contributed by atoms with Crippen LogP contribution in [0.15, 0.2) is 30.5 Å². The van der Waals surface area contributed by atoms with Gasteiger partial charge in [-0.05, 0) is 24.3 Å². The van der Waals surface area contributed by atoms with Crippen molar-refractivity contribution < 1.29 is 32.6 Å². The summed E-state index contributed by atoms with van der Waals surface area (Å²) in [6, 6.07) is 5.56. The number of benzene rings is 1. The third-order valence-corrected chi connectivity index (χ3v) is 5.16. The maximum Gasteiger partial charge on any atom is 0.416 e. The summed E-state index contributed by atoms with van der Waals surface area (Å²) in [5, 5.41) is 26.9. The lowest BCUT2D eigenvalue weighted by molar-refractivity contribution is -0.157. The van der Waals surface area contributed by atoms with E-state index in [1.165, 1.54) is 29.9 Å². The Morgan fingerprint density at radius 2 is 1.97 bits per heavy atom. The fourth-order valence-electron chi connectivity index (χ4n) is 3.61. The minimum Gasteiger partial charge on any atom is -0.460 e. The number of nitrogens with one attached hydrogen (secondary N) is 1. The molecule has 2 aromatic rings. The number of nitriles is 1. The number of primary amides is 1. The SMILES string of the molecule is CC(=O)OC1CC(C#N)C(n2cc(C(N)=O)c(Nc3ccc(C(F)(F)F)cc3)n2)CC1O. The van der Waals surface area contributed by atoms with E-state index in [1.54, 1.807) is 0 Å². The predicted octanol–water partition coefficient (Wildman–Crippen LogP) is 2.51. The first-order chi connectivity index (χ1) is 15.0. The zero-order valence-electron chi connectivity index (χ0n) is 16.8. The number of halogens is 3. The molecule has 1 aliphatic rings. The fourth-order valence-corrected chi connectivity index (χ4v) is 3.61. The zero-order chi connectivity index (χ0) is 23.6. The summed E-state index contributed by atoms with van der Waals surface area (Å²) in [5.74, 6) is -2.12. The van der Waals surface area contributed by atoms with E-state index in [4.69, 9.17) is 10.5 Å². The van der Waals surface area contributed by atoms with E-state index in [1.807, 2.05) is 0 Å². The molecule has 4 atom stereocenters. The summed E-state index contributed by atoms with van der Waals surface area (Å²) in [6.45, 7) is 1.20. The second-order valence-corrected chi connectivity index (χ2v) is 7.43. The van der Waals surface area contributed by atoms with Crippen molar-refractivity contribution in [1.82, 2.24) is 9.78 Å². The van der Waals surface area contributed by atoms with Gasteiger partial charge in [-0.1, -0.05) is 0 Å². The van der Waals surface area contributed by atoms with Gasteiger partial charge in [0.2, 0.25) is 0 Å². The third-order valence-electron chi connectivity index (χ3n) is 5.16. The molecule has 1 heterocycles. The van der Waals surface area contributed by atoms with Crippen molar-refractivity contribution >= 4 is 23.4 Å². The molecule has 0 spiro atoms. The number of aliphatic hydroxyl groups excluding tert-OH is 1. The number of anilines is 2. The van der Waals surface area contributed by atoms with Gasteiger partial charge in [0, 0.05) is 31.6 Å². The van der Waals surface area contributed by atoms with E-state index >= 15 is 0 Å². The average molecular weight is 451 g/mol. The van der Waals surface area contributed by atoms with Crippen molar-refractivity contribution in [3.05, 3.63) is 41.6 Å². The molecule has 12 heteroatoms. The van der Waals surface area contributed by atoms with Crippen LogP contribution in [-0.2, 0) is 15.7 Å². The Balaban J connectivity index is 1.86. The molecule has 0 bridgehead atoms. The molecule has 9 nitrogen and oxygen atoms in total. The van der Waals surface area contributed by atoms with Gasteiger partial charge in [0.25, 0.3) is 5.91 Å². The summed E-state index contributed by atoms with van der Waals surface area (Å²) in [7, 11) is 0. The fraction of sp³-hybridized carbons (Fsp3) is 0.400. The molecule has 1 amide bonds. The first-order valence-electron chi connectivity index (χ1n) is 9.57. The van der Waals surface area contributed by atoms with Crippen molar-refractivity contribution in [2.75, 3.05) is 5.32 Å². The molecule has 32 heavy (non-hydrogen) atoms. The molecule has 1 aliphatic carbocycles.